The molecule has 19 heavy (non-hydrogen) atoms. The van der Waals surface area contributed by atoms with E-state index in [9.17, 15) is 0 Å². The Morgan fingerprint density at radius 1 is 1.00 bits per heavy atom. The van der Waals surface area contributed by atoms with Gasteiger partial charge in [-0.05, 0) is 33.1 Å². The number of ether oxygens (including phenoxy) is 1. The highest BCUT2D eigenvalue weighted by atomic mass is 16.5. The highest BCUT2D eigenvalue weighted by Crippen LogP contribution is 2.19. The van der Waals surface area contributed by atoms with Gasteiger partial charge in [-0.3, -0.25) is 0 Å². The van der Waals surface area contributed by atoms with E-state index in [-0.39, 0.29) is 0 Å². The summed E-state index contributed by atoms with van der Waals surface area (Å²) in [5, 5.41) is 6.73. The van der Waals surface area contributed by atoms with Gasteiger partial charge in [0.1, 0.15) is 17.5 Å². The minimum Gasteiger partial charge on any atom is -0.385 e. The smallest absolute Gasteiger partial charge is 0.134 e. The zero-order valence-corrected chi connectivity index (χ0v) is 12.5. The number of methoxy groups -OCH3 is 1. The van der Waals surface area contributed by atoms with E-state index in [2.05, 4.69) is 34.4 Å². The molecule has 0 atom stereocenters. The van der Waals surface area contributed by atoms with Crippen LogP contribution in [0.3, 0.4) is 0 Å². The molecule has 0 bridgehead atoms. The van der Waals surface area contributed by atoms with Gasteiger partial charge in [0, 0.05) is 32.4 Å². The van der Waals surface area contributed by atoms with Crippen molar-refractivity contribution >= 4 is 11.6 Å². The van der Waals surface area contributed by atoms with Crippen molar-refractivity contribution in [1.82, 2.24) is 9.97 Å². The van der Waals surface area contributed by atoms with Crippen LogP contribution in [0.25, 0.3) is 0 Å². The van der Waals surface area contributed by atoms with Crippen LogP contribution in [0.2, 0.25) is 0 Å². The molecule has 0 amide bonds. The van der Waals surface area contributed by atoms with Crippen LogP contribution in [-0.4, -0.2) is 36.8 Å². The molecule has 0 unspecified atom stereocenters. The zero-order valence-electron chi connectivity index (χ0n) is 12.5. The lowest BCUT2D eigenvalue weighted by molar-refractivity contribution is 0.194. The number of unbranched alkanes of at least 4 members (excludes halogenated alkanes) is 1. The molecule has 108 valence electrons. The van der Waals surface area contributed by atoms with Crippen LogP contribution >= 0.6 is 0 Å². The van der Waals surface area contributed by atoms with Gasteiger partial charge in [-0.1, -0.05) is 6.92 Å². The van der Waals surface area contributed by atoms with Crippen molar-refractivity contribution in [3.63, 3.8) is 0 Å². The molecule has 0 aliphatic rings. The Balaban J connectivity index is 2.58. The molecule has 0 saturated heterocycles. The van der Waals surface area contributed by atoms with Gasteiger partial charge in [0.25, 0.3) is 0 Å². The summed E-state index contributed by atoms with van der Waals surface area (Å²) in [6.07, 6.45) is 3.23. The lowest BCUT2D eigenvalue weighted by Gasteiger charge is -2.13. The van der Waals surface area contributed by atoms with Gasteiger partial charge >= 0.3 is 0 Å². The fourth-order valence-corrected chi connectivity index (χ4v) is 1.79. The summed E-state index contributed by atoms with van der Waals surface area (Å²) in [5.74, 6) is 2.67. The summed E-state index contributed by atoms with van der Waals surface area (Å²) in [6, 6.07) is 0. The highest BCUT2D eigenvalue weighted by Gasteiger charge is 2.08. The lowest BCUT2D eigenvalue weighted by Crippen LogP contribution is -2.11. The second-order valence-electron chi connectivity index (χ2n) is 4.65. The molecule has 0 aliphatic carbocycles. The number of aryl methyl sites for hydroxylation is 1. The van der Waals surface area contributed by atoms with E-state index in [1.807, 2.05) is 6.92 Å². The number of hydrogen-bond acceptors (Lipinski definition) is 5. The second-order valence-corrected chi connectivity index (χ2v) is 4.65. The molecule has 0 radical (unpaired) electrons. The molecule has 5 heteroatoms. The third kappa shape index (κ3) is 5.42. The zero-order chi connectivity index (χ0) is 14.1. The van der Waals surface area contributed by atoms with Crippen LogP contribution < -0.4 is 10.6 Å². The molecule has 0 saturated carbocycles. The van der Waals surface area contributed by atoms with Crippen LogP contribution in [0.1, 0.15) is 37.6 Å². The minimum atomic E-state index is 0.795. The maximum absolute atomic E-state index is 5.04. The Labute approximate surface area is 116 Å². The predicted octanol–water partition coefficient (Wildman–Crippen LogP) is 2.75. The van der Waals surface area contributed by atoms with Crippen LogP contribution in [0.5, 0.6) is 0 Å². The standard InChI is InChI=1S/C14H26N4O/c1-5-8-15-13-11(2)14(18-12(3)17-13)16-9-6-7-10-19-4/h5-10H2,1-4H3,(H2,15,16,17,18). The van der Waals surface area contributed by atoms with E-state index < -0.39 is 0 Å². The van der Waals surface area contributed by atoms with Gasteiger partial charge in [0.15, 0.2) is 0 Å². The minimum absolute atomic E-state index is 0.795. The summed E-state index contributed by atoms with van der Waals surface area (Å²) in [4.78, 5) is 8.91. The van der Waals surface area contributed by atoms with Crippen LogP contribution in [0, 0.1) is 13.8 Å². The third-order valence-corrected chi connectivity index (χ3v) is 2.87. The Bertz CT molecular complexity index is 382. The van der Waals surface area contributed by atoms with Gasteiger partial charge in [0.2, 0.25) is 0 Å². The number of aromatic nitrogens is 2. The monoisotopic (exact) mass is 266 g/mol. The second kappa shape index (κ2) is 8.69. The molecule has 1 aromatic heterocycles. The fourth-order valence-electron chi connectivity index (χ4n) is 1.79. The number of anilines is 2. The molecule has 0 aromatic carbocycles. The van der Waals surface area contributed by atoms with Crippen LogP contribution in [-0.2, 0) is 4.74 Å². The van der Waals surface area contributed by atoms with Crippen molar-refractivity contribution in [2.24, 2.45) is 0 Å². The topological polar surface area (TPSA) is 59.1 Å². The van der Waals surface area contributed by atoms with E-state index >= 15 is 0 Å². The van der Waals surface area contributed by atoms with Crippen LogP contribution in [0.4, 0.5) is 11.6 Å². The lowest BCUT2D eigenvalue weighted by atomic mass is 10.2. The molecule has 1 heterocycles. The van der Waals surface area contributed by atoms with Crippen LogP contribution in [0.15, 0.2) is 0 Å². The number of rotatable bonds is 9. The maximum atomic E-state index is 5.04. The van der Waals surface area contributed by atoms with Crippen molar-refractivity contribution in [2.75, 3.05) is 37.4 Å². The first-order chi connectivity index (χ1) is 9.19. The molecule has 1 aromatic rings. The van der Waals surface area contributed by atoms with E-state index in [1.54, 1.807) is 7.11 Å². The largest absolute Gasteiger partial charge is 0.385 e. The van der Waals surface area contributed by atoms with E-state index in [0.717, 1.165) is 62.0 Å². The van der Waals surface area contributed by atoms with Crippen molar-refractivity contribution in [3.05, 3.63) is 11.4 Å². The summed E-state index contributed by atoms with van der Waals surface area (Å²) >= 11 is 0. The van der Waals surface area contributed by atoms with Gasteiger partial charge in [-0.25, -0.2) is 9.97 Å². The van der Waals surface area contributed by atoms with Crippen molar-refractivity contribution in [1.29, 1.82) is 0 Å². The normalized spacial score (nSPS) is 10.5. The number of nitrogens with one attached hydrogen (secondary N) is 2. The third-order valence-electron chi connectivity index (χ3n) is 2.87. The molecule has 2 N–H and O–H groups in total. The summed E-state index contributed by atoms with van der Waals surface area (Å²) in [6.45, 7) is 8.78. The highest BCUT2D eigenvalue weighted by molar-refractivity contribution is 5.57. The first-order valence-electron chi connectivity index (χ1n) is 7.01. The van der Waals surface area contributed by atoms with E-state index in [4.69, 9.17) is 4.74 Å². The first-order valence-corrected chi connectivity index (χ1v) is 7.01. The molecule has 5 nitrogen and oxygen atoms in total. The molecular weight excluding hydrogens is 240 g/mol. The Morgan fingerprint density at radius 2 is 1.63 bits per heavy atom. The van der Waals surface area contributed by atoms with Crippen molar-refractivity contribution < 1.29 is 4.74 Å². The molecular formula is C14H26N4O. The van der Waals surface area contributed by atoms with Crippen molar-refractivity contribution in [2.45, 2.75) is 40.0 Å². The Morgan fingerprint density at radius 3 is 2.21 bits per heavy atom. The van der Waals surface area contributed by atoms with Crippen molar-refractivity contribution in [3.8, 4) is 0 Å². The Kier molecular flexibility index (Phi) is 7.18. The van der Waals surface area contributed by atoms with E-state index in [0.29, 0.717) is 0 Å². The summed E-state index contributed by atoms with van der Waals surface area (Å²) in [7, 11) is 1.73. The fraction of sp³-hybridized carbons (Fsp3) is 0.714. The average molecular weight is 266 g/mol. The number of nitrogens with zero attached hydrogens (tertiary/aromatic N) is 2. The summed E-state index contributed by atoms with van der Waals surface area (Å²) in [5.41, 5.74) is 1.09. The van der Waals surface area contributed by atoms with E-state index in [1.165, 1.54) is 0 Å². The Hall–Kier alpha value is -1.36. The van der Waals surface area contributed by atoms with Gasteiger partial charge in [-0.2, -0.15) is 0 Å². The molecule has 0 fully saturated rings. The predicted molar refractivity (Wildman–Crippen MR) is 79.9 cm³/mol. The maximum Gasteiger partial charge on any atom is 0.134 e. The quantitative estimate of drug-likeness (QED) is 0.673. The molecule has 0 spiro atoms. The van der Waals surface area contributed by atoms with Gasteiger partial charge < -0.3 is 15.4 Å². The average Bonchev–Trinajstić information content (AvgIpc) is 2.40. The molecule has 1 rings (SSSR count). The van der Waals surface area contributed by atoms with Gasteiger partial charge in [0.05, 0.1) is 0 Å². The summed E-state index contributed by atoms with van der Waals surface area (Å²) < 4.78 is 5.04. The SMILES string of the molecule is CCCNc1nc(C)nc(NCCCCOC)c1C. The number of hydrogen-bond donors (Lipinski definition) is 2. The first kappa shape index (κ1) is 15.7. The molecule has 0 aliphatic heterocycles. The van der Waals surface area contributed by atoms with Gasteiger partial charge in [-0.15, -0.1) is 0 Å².